The molecule has 3 nitrogen and oxygen atoms in total. The predicted octanol–water partition coefficient (Wildman–Crippen LogP) is 1.24. The summed E-state index contributed by atoms with van der Waals surface area (Å²) in [6.45, 7) is 9.30. The molecule has 2 N–H and O–H groups in total. The quantitative estimate of drug-likeness (QED) is 0.741. The van der Waals surface area contributed by atoms with E-state index in [1.54, 1.807) is 0 Å². The highest BCUT2D eigenvalue weighted by Crippen LogP contribution is 2.21. The summed E-state index contributed by atoms with van der Waals surface area (Å²) >= 11 is 0. The summed E-state index contributed by atoms with van der Waals surface area (Å²) in [5.74, 6) is 1.59. The van der Waals surface area contributed by atoms with Gasteiger partial charge in [-0.15, -0.1) is 0 Å². The Morgan fingerprint density at radius 2 is 2.06 bits per heavy atom. The zero-order chi connectivity index (χ0) is 12.1. The van der Waals surface area contributed by atoms with E-state index in [-0.39, 0.29) is 0 Å². The fourth-order valence-corrected chi connectivity index (χ4v) is 2.87. The fourth-order valence-electron chi connectivity index (χ4n) is 2.87. The summed E-state index contributed by atoms with van der Waals surface area (Å²) in [6.07, 6.45) is 2.44. The van der Waals surface area contributed by atoms with E-state index in [2.05, 4.69) is 37.7 Å². The zero-order valence-corrected chi connectivity index (χ0v) is 11.4. The van der Waals surface area contributed by atoms with Crippen molar-refractivity contribution in [2.24, 2.45) is 17.6 Å². The van der Waals surface area contributed by atoms with Gasteiger partial charge in [0, 0.05) is 25.7 Å². The van der Waals surface area contributed by atoms with Crippen LogP contribution in [-0.2, 0) is 0 Å². The molecule has 1 saturated heterocycles. The number of likely N-dealkylation sites (tertiary alicyclic amines) is 1. The van der Waals surface area contributed by atoms with Crippen LogP contribution in [0.25, 0.3) is 0 Å². The molecule has 0 radical (unpaired) electrons. The average Bonchev–Trinajstić information content (AvgIpc) is 2.56. The fraction of sp³-hybridized carbons (Fsp3) is 1.00. The molecule has 3 unspecified atom stereocenters. The van der Waals surface area contributed by atoms with Crippen LogP contribution in [-0.4, -0.2) is 56.1 Å². The van der Waals surface area contributed by atoms with Gasteiger partial charge in [-0.25, -0.2) is 0 Å². The Kier molecular flexibility index (Phi) is 5.73. The third kappa shape index (κ3) is 4.04. The molecule has 0 bridgehead atoms. The number of hydrogen-bond acceptors (Lipinski definition) is 3. The average molecular weight is 227 g/mol. The minimum atomic E-state index is 0.738. The van der Waals surface area contributed by atoms with Crippen molar-refractivity contribution in [2.75, 3.05) is 40.3 Å². The second kappa shape index (κ2) is 6.58. The van der Waals surface area contributed by atoms with Crippen molar-refractivity contribution >= 4 is 0 Å². The van der Waals surface area contributed by atoms with Gasteiger partial charge < -0.3 is 15.5 Å². The van der Waals surface area contributed by atoms with Gasteiger partial charge in [-0.1, -0.05) is 13.8 Å². The van der Waals surface area contributed by atoms with Crippen LogP contribution < -0.4 is 5.73 Å². The van der Waals surface area contributed by atoms with Crippen LogP contribution in [0, 0.1) is 11.8 Å². The maximum Gasteiger partial charge on any atom is 0.0254 e. The van der Waals surface area contributed by atoms with Crippen molar-refractivity contribution in [2.45, 2.75) is 32.7 Å². The molecule has 3 heteroatoms. The monoisotopic (exact) mass is 227 g/mol. The van der Waals surface area contributed by atoms with E-state index in [9.17, 15) is 0 Å². The van der Waals surface area contributed by atoms with Crippen LogP contribution in [0.2, 0.25) is 0 Å². The van der Waals surface area contributed by atoms with E-state index in [1.807, 2.05) is 0 Å². The number of rotatable bonds is 6. The second-order valence-electron chi connectivity index (χ2n) is 5.76. The lowest BCUT2D eigenvalue weighted by molar-refractivity contribution is 0.238. The molecule has 1 heterocycles. The van der Waals surface area contributed by atoms with Crippen LogP contribution in [0.15, 0.2) is 0 Å². The molecule has 16 heavy (non-hydrogen) atoms. The Morgan fingerprint density at radius 3 is 2.56 bits per heavy atom. The Labute approximate surface area is 101 Å². The van der Waals surface area contributed by atoms with E-state index < -0.39 is 0 Å². The highest BCUT2D eigenvalue weighted by atomic mass is 15.2. The van der Waals surface area contributed by atoms with Gasteiger partial charge in [0.15, 0.2) is 0 Å². The summed E-state index contributed by atoms with van der Waals surface area (Å²) in [5.41, 5.74) is 5.55. The number of likely N-dealkylation sites (N-methyl/N-ethyl adjacent to an activating group) is 1. The lowest BCUT2D eigenvalue weighted by Crippen LogP contribution is -2.35. The number of nitrogens with zero attached hydrogens (tertiary/aromatic N) is 2. The van der Waals surface area contributed by atoms with Gasteiger partial charge in [0.2, 0.25) is 0 Å². The molecule has 1 rings (SSSR count). The van der Waals surface area contributed by atoms with E-state index in [4.69, 9.17) is 5.73 Å². The van der Waals surface area contributed by atoms with E-state index in [0.717, 1.165) is 24.4 Å². The molecule has 1 fully saturated rings. The molecular formula is C13H29N3. The first-order chi connectivity index (χ1) is 7.54. The van der Waals surface area contributed by atoms with Crippen LogP contribution in [0.5, 0.6) is 0 Å². The molecule has 0 saturated carbocycles. The van der Waals surface area contributed by atoms with Gasteiger partial charge in [0.25, 0.3) is 0 Å². The Balaban J connectivity index is 2.29. The molecule has 0 aromatic heterocycles. The lowest BCUT2D eigenvalue weighted by atomic mass is 10.1. The summed E-state index contributed by atoms with van der Waals surface area (Å²) in [5, 5.41) is 0. The zero-order valence-electron chi connectivity index (χ0n) is 11.4. The van der Waals surface area contributed by atoms with Crippen molar-refractivity contribution < 1.29 is 0 Å². The van der Waals surface area contributed by atoms with Crippen molar-refractivity contribution in [3.8, 4) is 0 Å². The standard InChI is InChI=1S/C13H29N3/c1-11(6-5-7-14)8-16-9-12(2)13(10-16)15(3)4/h11-13H,5-10,14H2,1-4H3. The van der Waals surface area contributed by atoms with E-state index in [1.165, 1.54) is 32.5 Å². The summed E-state index contributed by atoms with van der Waals surface area (Å²) in [7, 11) is 4.39. The van der Waals surface area contributed by atoms with Gasteiger partial charge >= 0.3 is 0 Å². The highest BCUT2D eigenvalue weighted by Gasteiger charge is 2.31. The molecule has 1 aliphatic rings. The summed E-state index contributed by atoms with van der Waals surface area (Å²) < 4.78 is 0. The van der Waals surface area contributed by atoms with Gasteiger partial charge in [-0.3, -0.25) is 0 Å². The lowest BCUT2D eigenvalue weighted by Gasteiger charge is -2.23. The van der Waals surface area contributed by atoms with E-state index >= 15 is 0 Å². The van der Waals surface area contributed by atoms with Gasteiger partial charge in [0.1, 0.15) is 0 Å². The summed E-state index contributed by atoms with van der Waals surface area (Å²) in [6, 6.07) is 0.738. The molecule has 1 aliphatic heterocycles. The van der Waals surface area contributed by atoms with E-state index in [0.29, 0.717) is 0 Å². The Hall–Kier alpha value is -0.120. The molecular weight excluding hydrogens is 198 g/mol. The molecule has 0 aliphatic carbocycles. The molecule has 96 valence electrons. The van der Waals surface area contributed by atoms with Gasteiger partial charge in [0.05, 0.1) is 0 Å². The highest BCUT2D eigenvalue weighted by molar-refractivity contribution is 4.86. The van der Waals surface area contributed by atoms with Gasteiger partial charge in [-0.2, -0.15) is 0 Å². The van der Waals surface area contributed by atoms with Crippen LogP contribution in [0.1, 0.15) is 26.7 Å². The number of nitrogens with two attached hydrogens (primary N) is 1. The van der Waals surface area contributed by atoms with Crippen molar-refractivity contribution in [1.29, 1.82) is 0 Å². The first-order valence-electron chi connectivity index (χ1n) is 6.63. The maximum absolute atomic E-state index is 5.55. The van der Waals surface area contributed by atoms with Gasteiger partial charge in [-0.05, 0) is 45.3 Å². The Morgan fingerprint density at radius 1 is 1.38 bits per heavy atom. The maximum atomic E-state index is 5.55. The second-order valence-corrected chi connectivity index (χ2v) is 5.76. The third-order valence-electron chi connectivity index (χ3n) is 3.78. The first kappa shape index (κ1) is 13.9. The number of hydrogen-bond donors (Lipinski definition) is 1. The van der Waals surface area contributed by atoms with Crippen molar-refractivity contribution in [1.82, 2.24) is 9.80 Å². The van der Waals surface area contributed by atoms with Crippen LogP contribution >= 0.6 is 0 Å². The van der Waals surface area contributed by atoms with Crippen LogP contribution in [0.3, 0.4) is 0 Å². The third-order valence-corrected chi connectivity index (χ3v) is 3.78. The normalized spacial score (nSPS) is 28.9. The Bertz CT molecular complexity index is 194. The largest absolute Gasteiger partial charge is 0.330 e. The topological polar surface area (TPSA) is 32.5 Å². The molecule has 0 aromatic carbocycles. The minimum Gasteiger partial charge on any atom is -0.330 e. The SMILES string of the molecule is CC(CCCN)CN1CC(C)C(N(C)C)C1. The van der Waals surface area contributed by atoms with Crippen molar-refractivity contribution in [3.05, 3.63) is 0 Å². The smallest absolute Gasteiger partial charge is 0.0254 e. The van der Waals surface area contributed by atoms with Crippen molar-refractivity contribution in [3.63, 3.8) is 0 Å². The molecule has 0 amide bonds. The minimum absolute atomic E-state index is 0.738. The first-order valence-corrected chi connectivity index (χ1v) is 6.63. The molecule has 3 atom stereocenters. The molecule has 0 spiro atoms. The van der Waals surface area contributed by atoms with Crippen LogP contribution in [0.4, 0.5) is 0 Å². The predicted molar refractivity (Wildman–Crippen MR) is 70.5 cm³/mol. The molecule has 0 aromatic rings. The summed E-state index contributed by atoms with van der Waals surface area (Å²) in [4.78, 5) is 4.99.